The molecule has 0 heterocycles. The zero-order valence-electron chi connectivity index (χ0n) is 10.9. The van der Waals surface area contributed by atoms with Crippen LogP contribution in [0.25, 0.3) is 0 Å². The van der Waals surface area contributed by atoms with Crippen molar-refractivity contribution in [1.29, 1.82) is 0 Å². The molecule has 0 saturated heterocycles. The molecule has 0 aliphatic carbocycles. The number of hydrogen-bond acceptors (Lipinski definition) is 2. The first-order valence-corrected chi connectivity index (χ1v) is 6.14. The Labute approximate surface area is 104 Å². The molecule has 1 aromatic rings. The van der Waals surface area contributed by atoms with E-state index in [1.807, 2.05) is 26.1 Å². The lowest BCUT2D eigenvalue weighted by Crippen LogP contribution is -2.29. The van der Waals surface area contributed by atoms with Crippen molar-refractivity contribution in [1.82, 2.24) is 0 Å². The monoisotopic (exact) mass is 234 g/mol. The molecular weight excluding hydrogens is 212 g/mol. The maximum atomic E-state index is 11.9. The summed E-state index contributed by atoms with van der Waals surface area (Å²) in [7, 11) is 1.81. The van der Waals surface area contributed by atoms with Gasteiger partial charge in [0.15, 0.2) is 0 Å². The Hall–Kier alpha value is -1.35. The average molecular weight is 234 g/mol. The third-order valence-corrected chi connectivity index (χ3v) is 3.03. The van der Waals surface area contributed by atoms with Crippen molar-refractivity contribution in [2.75, 3.05) is 18.5 Å². The molecule has 0 aromatic heterocycles. The van der Waals surface area contributed by atoms with Crippen LogP contribution >= 0.6 is 0 Å². The molecule has 1 rings (SSSR count). The predicted molar refractivity (Wildman–Crippen MR) is 72.1 cm³/mol. The van der Waals surface area contributed by atoms with Gasteiger partial charge in [0, 0.05) is 19.2 Å². The van der Waals surface area contributed by atoms with E-state index in [9.17, 15) is 4.79 Å². The number of nitrogens with zero attached hydrogens (tertiary/aromatic N) is 1. The maximum Gasteiger partial charge on any atom is 0.227 e. The van der Waals surface area contributed by atoms with Crippen molar-refractivity contribution in [3.8, 4) is 0 Å². The van der Waals surface area contributed by atoms with Crippen LogP contribution in [-0.2, 0) is 11.2 Å². The number of aryl methyl sites for hydroxylation is 1. The minimum absolute atomic E-state index is 0.118. The highest BCUT2D eigenvalue weighted by atomic mass is 16.2. The Bertz CT molecular complexity index is 359. The molecule has 0 bridgehead atoms. The lowest BCUT2D eigenvalue weighted by atomic mass is 10.1. The van der Waals surface area contributed by atoms with E-state index in [1.165, 1.54) is 5.56 Å². The number of carbonyl (C=O) groups is 1. The summed E-state index contributed by atoms with van der Waals surface area (Å²) in [5.41, 5.74) is 7.75. The second-order valence-corrected chi connectivity index (χ2v) is 4.52. The fraction of sp³-hybridized carbons (Fsp3) is 0.500. The van der Waals surface area contributed by atoms with E-state index in [0.29, 0.717) is 13.0 Å². The van der Waals surface area contributed by atoms with Crippen LogP contribution in [0, 0.1) is 5.92 Å². The lowest BCUT2D eigenvalue weighted by Gasteiger charge is -2.19. The molecule has 3 heteroatoms. The van der Waals surface area contributed by atoms with Gasteiger partial charge in [-0.2, -0.15) is 0 Å². The lowest BCUT2D eigenvalue weighted by molar-refractivity contribution is -0.119. The molecule has 3 nitrogen and oxygen atoms in total. The molecular formula is C14H22N2O. The highest BCUT2D eigenvalue weighted by molar-refractivity contribution is 5.92. The van der Waals surface area contributed by atoms with Gasteiger partial charge in [-0.05, 0) is 36.6 Å². The van der Waals surface area contributed by atoms with Crippen molar-refractivity contribution in [2.24, 2.45) is 11.7 Å². The summed E-state index contributed by atoms with van der Waals surface area (Å²) in [6, 6.07) is 8.10. The van der Waals surface area contributed by atoms with E-state index in [0.717, 1.165) is 12.1 Å². The topological polar surface area (TPSA) is 46.3 Å². The Kier molecular flexibility index (Phi) is 5.16. The van der Waals surface area contributed by atoms with Crippen molar-refractivity contribution >= 4 is 11.6 Å². The van der Waals surface area contributed by atoms with Gasteiger partial charge >= 0.3 is 0 Å². The first kappa shape index (κ1) is 13.7. The molecule has 0 fully saturated rings. The molecule has 17 heavy (non-hydrogen) atoms. The summed E-state index contributed by atoms with van der Waals surface area (Å²) in [6.45, 7) is 4.66. The van der Waals surface area contributed by atoms with Gasteiger partial charge in [0.05, 0.1) is 0 Å². The summed E-state index contributed by atoms with van der Waals surface area (Å²) in [5.74, 6) is 0.354. The Balaban J connectivity index is 2.67. The Morgan fingerprint density at radius 3 is 2.41 bits per heavy atom. The summed E-state index contributed by atoms with van der Waals surface area (Å²) >= 11 is 0. The number of anilines is 1. The molecule has 0 saturated carbocycles. The van der Waals surface area contributed by atoms with Gasteiger partial charge in [-0.15, -0.1) is 0 Å². The van der Waals surface area contributed by atoms with Crippen LogP contribution in [0.15, 0.2) is 24.3 Å². The third-order valence-electron chi connectivity index (χ3n) is 3.03. The zero-order valence-corrected chi connectivity index (χ0v) is 10.9. The summed E-state index contributed by atoms with van der Waals surface area (Å²) < 4.78 is 0. The molecule has 94 valence electrons. The van der Waals surface area contributed by atoms with Gasteiger partial charge in [-0.1, -0.05) is 26.0 Å². The smallest absolute Gasteiger partial charge is 0.227 e. The molecule has 0 aliphatic rings. The van der Waals surface area contributed by atoms with Crippen LogP contribution in [0.3, 0.4) is 0 Å². The van der Waals surface area contributed by atoms with Gasteiger partial charge in [0.1, 0.15) is 0 Å². The van der Waals surface area contributed by atoms with Gasteiger partial charge in [-0.25, -0.2) is 0 Å². The van der Waals surface area contributed by atoms with E-state index in [4.69, 9.17) is 5.73 Å². The Morgan fingerprint density at radius 2 is 1.94 bits per heavy atom. The predicted octanol–water partition coefficient (Wildman–Crippen LogP) is 2.20. The first-order chi connectivity index (χ1) is 8.08. The SMILES string of the molecule is CCc1ccc(N(C)C(=O)CC(C)CN)cc1. The van der Waals surface area contributed by atoms with Crippen LogP contribution in [0.5, 0.6) is 0 Å². The second kappa shape index (κ2) is 6.40. The van der Waals surface area contributed by atoms with Crippen LogP contribution in [0.2, 0.25) is 0 Å². The number of carbonyl (C=O) groups excluding carboxylic acids is 1. The quantitative estimate of drug-likeness (QED) is 0.849. The Morgan fingerprint density at radius 1 is 1.35 bits per heavy atom. The fourth-order valence-corrected chi connectivity index (χ4v) is 1.62. The van der Waals surface area contributed by atoms with Crippen molar-refractivity contribution in [2.45, 2.75) is 26.7 Å². The number of hydrogen-bond donors (Lipinski definition) is 1. The van der Waals surface area contributed by atoms with E-state index in [1.54, 1.807) is 4.90 Å². The highest BCUT2D eigenvalue weighted by Crippen LogP contribution is 2.16. The fourth-order valence-electron chi connectivity index (χ4n) is 1.62. The first-order valence-electron chi connectivity index (χ1n) is 6.14. The molecule has 1 aromatic carbocycles. The molecule has 0 radical (unpaired) electrons. The van der Waals surface area contributed by atoms with Crippen LogP contribution < -0.4 is 10.6 Å². The number of amides is 1. The molecule has 1 unspecified atom stereocenters. The van der Waals surface area contributed by atoms with E-state index in [-0.39, 0.29) is 11.8 Å². The van der Waals surface area contributed by atoms with E-state index in [2.05, 4.69) is 19.1 Å². The molecule has 0 aliphatic heterocycles. The van der Waals surface area contributed by atoms with E-state index >= 15 is 0 Å². The largest absolute Gasteiger partial charge is 0.330 e. The van der Waals surface area contributed by atoms with Crippen LogP contribution in [-0.4, -0.2) is 19.5 Å². The summed E-state index contributed by atoms with van der Waals surface area (Å²) in [5, 5.41) is 0. The molecule has 0 spiro atoms. The number of nitrogens with two attached hydrogens (primary N) is 1. The maximum absolute atomic E-state index is 11.9. The minimum atomic E-state index is 0.118. The summed E-state index contributed by atoms with van der Waals surface area (Å²) in [6.07, 6.45) is 1.52. The molecule has 1 amide bonds. The minimum Gasteiger partial charge on any atom is -0.330 e. The van der Waals surface area contributed by atoms with Crippen molar-refractivity contribution in [3.63, 3.8) is 0 Å². The van der Waals surface area contributed by atoms with Gasteiger partial charge in [-0.3, -0.25) is 4.79 Å². The second-order valence-electron chi connectivity index (χ2n) is 4.52. The van der Waals surface area contributed by atoms with Gasteiger partial charge in [0.2, 0.25) is 5.91 Å². The van der Waals surface area contributed by atoms with Crippen molar-refractivity contribution < 1.29 is 4.79 Å². The third kappa shape index (κ3) is 3.86. The molecule has 2 N–H and O–H groups in total. The van der Waals surface area contributed by atoms with Crippen LogP contribution in [0.4, 0.5) is 5.69 Å². The average Bonchev–Trinajstić information content (AvgIpc) is 2.37. The standard InChI is InChI=1S/C14H22N2O/c1-4-12-5-7-13(8-6-12)16(3)14(17)9-11(2)10-15/h5-8,11H,4,9-10,15H2,1-3H3. The van der Waals surface area contributed by atoms with E-state index < -0.39 is 0 Å². The highest BCUT2D eigenvalue weighted by Gasteiger charge is 2.13. The molecule has 1 atom stereocenters. The number of rotatable bonds is 5. The zero-order chi connectivity index (χ0) is 12.8. The summed E-state index contributed by atoms with van der Waals surface area (Å²) in [4.78, 5) is 13.6. The van der Waals surface area contributed by atoms with Crippen LogP contribution in [0.1, 0.15) is 25.8 Å². The van der Waals surface area contributed by atoms with Crippen molar-refractivity contribution in [3.05, 3.63) is 29.8 Å². The normalized spacial score (nSPS) is 12.2. The number of benzene rings is 1. The van der Waals surface area contributed by atoms with Gasteiger partial charge < -0.3 is 10.6 Å². The van der Waals surface area contributed by atoms with Gasteiger partial charge in [0.25, 0.3) is 0 Å².